The summed E-state index contributed by atoms with van der Waals surface area (Å²) >= 11 is 0. The molecule has 0 bridgehead atoms. The minimum Gasteiger partial charge on any atom is -0.394 e. The molecule has 0 aliphatic carbocycles. The molecule has 3 aliphatic heterocycles. The molecule has 0 radical (unpaired) electrons. The van der Waals surface area contributed by atoms with Crippen molar-refractivity contribution >= 4 is 0 Å². The summed E-state index contributed by atoms with van der Waals surface area (Å²) in [6.45, 7) is 0.379. The summed E-state index contributed by atoms with van der Waals surface area (Å²) in [5, 5.41) is 89.7. The Hall–Kier alpha value is -0.560. The van der Waals surface area contributed by atoms with Gasteiger partial charge in [-0.05, 0) is 6.92 Å². The molecule has 14 atom stereocenters. The third-order valence-corrected chi connectivity index (χ3v) is 5.66. The molecule has 3 heterocycles. The SMILES string of the molecule is C[C@@H]1O[C@@H](O[C@@H]2[C@@H](O)[C@@H](O)[C@@H](CO)O[C@H]2O)[C@H](O)[C@H](O[C@@H]2OC[C@@H](O)[C@@H](O)[C@H]2O)[C@H]1O. The highest BCUT2D eigenvalue weighted by Gasteiger charge is 2.51. The van der Waals surface area contributed by atoms with Crippen LogP contribution in [0.2, 0.25) is 0 Å². The number of hydrogen-bond donors (Lipinski definition) is 9. The molecule has 0 unspecified atom stereocenters. The normalized spacial score (nSPS) is 54.0. The zero-order valence-electron chi connectivity index (χ0n) is 16.6. The number of ether oxygens (including phenoxy) is 5. The summed E-state index contributed by atoms with van der Waals surface area (Å²) in [6.07, 6.45) is -21.3. The van der Waals surface area contributed by atoms with E-state index in [4.69, 9.17) is 28.8 Å². The van der Waals surface area contributed by atoms with Crippen molar-refractivity contribution in [3.05, 3.63) is 0 Å². The molecule has 3 fully saturated rings. The molecule has 3 rings (SSSR count). The zero-order valence-corrected chi connectivity index (χ0v) is 16.6. The minimum atomic E-state index is -1.78. The Kier molecular flexibility index (Phi) is 8.21. The zero-order chi connectivity index (χ0) is 23.0. The van der Waals surface area contributed by atoms with Crippen molar-refractivity contribution < 1.29 is 69.6 Å². The highest BCUT2D eigenvalue weighted by molar-refractivity contribution is 4.94. The topological polar surface area (TPSA) is 228 Å². The Bertz CT molecular complexity index is 581. The van der Waals surface area contributed by atoms with Crippen LogP contribution in [-0.4, -0.2) is 145 Å². The molecule has 9 N–H and O–H groups in total. The molecular weight excluding hydrogens is 428 g/mol. The van der Waals surface area contributed by atoms with Crippen molar-refractivity contribution in [1.82, 2.24) is 0 Å². The molecule has 182 valence electrons. The predicted molar refractivity (Wildman–Crippen MR) is 93.8 cm³/mol. The summed E-state index contributed by atoms with van der Waals surface area (Å²) in [7, 11) is 0. The Morgan fingerprint density at radius 2 is 1.35 bits per heavy atom. The van der Waals surface area contributed by atoms with Crippen LogP contribution in [0.25, 0.3) is 0 Å². The van der Waals surface area contributed by atoms with E-state index in [1.54, 1.807) is 0 Å². The molecule has 3 aliphatic rings. The maximum Gasteiger partial charge on any atom is 0.187 e. The second-order valence-corrected chi connectivity index (χ2v) is 7.87. The summed E-state index contributed by atoms with van der Waals surface area (Å²) in [5.41, 5.74) is 0. The summed E-state index contributed by atoms with van der Waals surface area (Å²) in [4.78, 5) is 0. The smallest absolute Gasteiger partial charge is 0.187 e. The molecule has 3 saturated heterocycles. The van der Waals surface area contributed by atoms with Crippen molar-refractivity contribution in [3.63, 3.8) is 0 Å². The van der Waals surface area contributed by atoms with Gasteiger partial charge in [0, 0.05) is 0 Å². The average molecular weight is 458 g/mol. The summed E-state index contributed by atoms with van der Waals surface area (Å²) in [6, 6.07) is 0. The number of aliphatic hydroxyl groups is 9. The molecule has 31 heavy (non-hydrogen) atoms. The van der Waals surface area contributed by atoms with E-state index in [9.17, 15) is 40.9 Å². The number of rotatable bonds is 5. The third-order valence-electron chi connectivity index (χ3n) is 5.66. The third kappa shape index (κ3) is 5.02. The van der Waals surface area contributed by atoms with E-state index >= 15 is 0 Å². The van der Waals surface area contributed by atoms with Crippen LogP contribution in [0.15, 0.2) is 0 Å². The second-order valence-electron chi connectivity index (χ2n) is 7.87. The monoisotopic (exact) mass is 458 g/mol. The molecule has 0 spiro atoms. The first-order chi connectivity index (χ1) is 14.6. The second kappa shape index (κ2) is 10.1. The van der Waals surface area contributed by atoms with Crippen LogP contribution >= 0.6 is 0 Å². The van der Waals surface area contributed by atoms with Crippen LogP contribution in [0.5, 0.6) is 0 Å². The van der Waals surface area contributed by atoms with Gasteiger partial charge >= 0.3 is 0 Å². The van der Waals surface area contributed by atoms with Gasteiger partial charge in [0.25, 0.3) is 0 Å². The van der Waals surface area contributed by atoms with Gasteiger partial charge in [0.15, 0.2) is 18.9 Å². The molecule has 0 aromatic heterocycles. The Balaban J connectivity index is 1.70. The van der Waals surface area contributed by atoms with Crippen LogP contribution in [0.4, 0.5) is 0 Å². The Morgan fingerprint density at radius 3 is 2.00 bits per heavy atom. The largest absolute Gasteiger partial charge is 0.394 e. The molecule has 14 nitrogen and oxygen atoms in total. The maximum absolute atomic E-state index is 10.6. The van der Waals surface area contributed by atoms with Crippen molar-refractivity contribution in [2.45, 2.75) is 92.9 Å². The Labute approximate surface area is 176 Å². The van der Waals surface area contributed by atoms with Crippen molar-refractivity contribution in [2.24, 2.45) is 0 Å². The van der Waals surface area contributed by atoms with Crippen LogP contribution in [-0.2, 0) is 23.7 Å². The fourth-order valence-corrected chi connectivity index (χ4v) is 3.70. The number of aliphatic hydroxyl groups excluding tert-OH is 9. The first-order valence-corrected chi connectivity index (χ1v) is 9.85. The lowest BCUT2D eigenvalue weighted by molar-refractivity contribution is -0.375. The lowest BCUT2D eigenvalue weighted by atomic mass is 9.97. The lowest BCUT2D eigenvalue weighted by Crippen LogP contribution is -2.65. The van der Waals surface area contributed by atoms with Crippen LogP contribution in [0.3, 0.4) is 0 Å². The van der Waals surface area contributed by atoms with Gasteiger partial charge in [-0.25, -0.2) is 0 Å². The Morgan fingerprint density at radius 1 is 0.710 bits per heavy atom. The van der Waals surface area contributed by atoms with Crippen molar-refractivity contribution in [1.29, 1.82) is 0 Å². The molecule has 0 amide bonds. The van der Waals surface area contributed by atoms with E-state index in [2.05, 4.69) is 0 Å². The highest BCUT2D eigenvalue weighted by Crippen LogP contribution is 2.31. The summed E-state index contributed by atoms with van der Waals surface area (Å²) < 4.78 is 26.3. The molecule has 14 heteroatoms. The van der Waals surface area contributed by atoms with Gasteiger partial charge < -0.3 is 69.6 Å². The van der Waals surface area contributed by atoms with Crippen LogP contribution < -0.4 is 0 Å². The molecule has 0 aromatic carbocycles. The van der Waals surface area contributed by atoms with E-state index in [0.717, 1.165) is 0 Å². The van der Waals surface area contributed by atoms with E-state index in [0.29, 0.717) is 0 Å². The van der Waals surface area contributed by atoms with Crippen molar-refractivity contribution in [2.75, 3.05) is 13.2 Å². The van der Waals surface area contributed by atoms with Gasteiger partial charge in [-0.15, -0.1) is 0 Å². The van der Waals surface area contributed by atoms with E-state index in [-0.39, 0.29) is 6.61 Å². The first kappa shape index (κ1) is 25.1. The fourth-order valence-electron chi connectivity index (χ4n) is 3.70. The van der Waals surface area contributed by atoms with E-state index < -0.39 is 92.6 Å². The summed E-state index contributed by atoms with van der Waals surface area (Å²) in [5.74, 6) is 0. The predicted octanol–water partition coefficient (Wildman–Crippen LogP) is -5.91. The van der Waals surface area contributed by atoms with E-state index in [1.807, 2.05) is 0 Å². The quantitative estimate of drug-likeness (QED) is 0.187. The van der Waals surface area contributed by atoms with Crippen LogP contribution in [0.1, 0.15) is 6.92 Å². The van der Waals surface area contributed by atoms with Crippen LogP contribution in [0, 0.1) is 0 Å². The first-order valence-electron chi connectivity index (χ1n) is 9.85. The standard InChI is InChI=1S/C17H30O14/c1-4-7(20)13(30-16-11(24)8(21)5(19)3-27-16)12(25)17(28-4)31-14-10(23)9(22)6(2-18)29-15(14)26/h4-26H,2-3H2,1H3/t4-,5+,6+,7-,8+,9-,10-,11+,12+,13+,14+,15+,16-,17-/m0/s1. The maximum atomic E-state index is 10.6. The fraction of sp³-hybridized carbons (Fsp3) is 1.00. The van der Waals surface area contributed by atoms with Gasteiger partial charge in [0.1, 0.15) is 61.0 Å². The van der Waals surface area contributed by atoms with Gasteiger partial charge in [-0.1, -0.05) is 0 Å². The molecule has 0 aromatic rings. The lowest BCUT2D eigenvalue weighted by Gasteiger charge is -2.46. The van der Waals surface area contributed by atoms with Crippen molar-refractivity contribution in [3.8, 4) is 0 Å². The average Bonchev–Trinajstić information content (AvgIpc) is 2.74. The van der Waals surface area contributed by atoms with Gasteiger partial charge in [-0.3, -0.25) is 0 Å². The van der Waals surface area contributed by atoms with Gasteiger partial charge in [0.05, 0.1) is 19.3 Å². The van der Waals surface area contributed by atoms with Gasteiger partial charge in [0.2, 0.25) is 0 Å². The van der Waals surface area contributed by atoms with E-state index in [1.165, 1.54) is 6.92 Å². The van der Waals surface area contributed by atoms with Gasteiger partial charge in [-0.2, -0.15) is 0 Å². The molecule has 0 saturated carbocycles. The number of hydrogen-bond acceptors (Lipinski definition) is 14. The highest BCUT2D eigenvalue weighted by atomic mass is 16.7. The molecular formula is C17H30O14. The minimum absolute atomic E-state index is 0.366.